The number of ether oxygens (including phenoxy) is 1. The predicted octanol–water partition coefficient (Wildman–Crippen LogP) is 2.80. The molecule has 2 rings (SSSR count). The summed E-state index contributed by atoms with van der Waals surface area (Å²) in [5, 5.41) is 2.83. The molecule has 0 spiro atoms. The van der Waals surface area contributed by atoms with Gasteiger partial charge in [0, 0.05) is 30.2 Å². The lowest BCUT2D eigenvalue weighted by Crippen LogP contribution is -2.27. The summed E-state index contributed by atoms with van der Waals surface area (Å²) in [6, 6.07) is 11.4. The summed E-state index contributed by atoms with van der Waals surface area (Å²) in [7, 11) is 0. The monoisotopic (exact) mass is 284 g/mol. The Morgan fingerprint density at radius 1 is 1.24 bits per heavy atom. The molecule has 0 atom stereocenters. The fourth-order valence-electron chi connectivity index (χ4n) is 1.88. The molecule has 0 fully saturated rings. The maximum Gasteiger partial charge on any atom is 0.251 e. The average molecular weight is 284 g/mol. The van der Waals surface area contributed by atoms with Gasteiger partial charge in [0.2, 0.25) is 0 Å². The van der Waals surface area contributed by atoms with Crippen molar-refractivity contribution in [2.24, 2.45) is 0 Å². The topological polar surface area (TPSA) is 43.3 Å². The van der Waals surface area contributed by atoms with Crippen LogP contribution in [0.15, 0.2) is 60.9 Å². The van der Waals surface area contributed by atoms with Crippen molar-refractivity contribution < 1.29 is 9.53 Å². The van der Waals surface area contributed by atoms with Crippen molar-refractivity contribution in [3.63, 3.8) is 0 Å². The van der Waals surface area contributed by atoms with E-state index in [-0.39, 0.29) is 5.91 Å². The summed E-state index contributed by atoms with van der Waals surface area (Å²) in [5.74, 6) is -0.0898. The zero-order chi connectivity index (χ0) is 15.1. The van der Waals surface area contributed by atoms with Gasteiger partial charge < -0.3 is 14.6 Å². The van der Waals surface area contributed by atoms with Crippen LogP contribution in [0.1, 0.15) is 17.3 Å². The van der Waals surface area contributed by atoms with E-state index in [1.54, 1.807) is 0 Å². The van der Waals surface area contributed by atoms with Gasteiger partial charge >= 0.3 is 0 Å². The van der Waals surface area contributed by atoms with Crippen molar-refractivity contribution in [2.75, 3.05) is 19.8 Å². The lowest BCUT2D eigenvalue weighted by Gasteiger charge is -2.07. The minimum Gasteiger partial charge on any atom is -0.375 e. The number of benzene rings is 1. The van der Waals surface area contributed by atoms with Crippen LogP contribution in [0, 0.1) is 0 Å². The number of aromatic nitrogens is 1. The lowest BCUT2D eigenvalue weighted by atomic mass is 10.2. The van der Waals surface area contributed by atoms with E-state index < -0.39 is 0 Å². The number of nitrogens with zero attached hydrogens (tertiary/aromatic N) is 1. The van der Waals surface area contributed by atoms with E-state index >= 15 is 0 Å². The molecule has 21 heavy (non-hydrogen) atoms. The van der Waals surface area contributed by atoms with E-state index in [9.17, 15) is 4.79 Å². The number of carbonyl (C=O) groups is 1. The van der Waals surface area contributed by atoms with Gasteiger partial charge in [-0.1, -0.05) is 12.2 Å². The fourth-order valence-corrected chi connectivity index (χ4v) is 1.88. The maximum atomic E-state index is 11.9. The normalized spacial score (nSPS) is 10.3. The molecule has 1 aromatic carbocycles. The first-order chi connectivity index (χ1) is 10.2. The van der Waals surface area contributed by atoms with Crippen LogP contribution in [0.25, 0.3) is 5.69 Å². The van der Waals surface area contributed by atoms with Crippen LogP contribution in [0.4, 0.5) is 0 Å². The number of nitrogens with one attached hydrogen (secondary N) is 1. The quantitative estimate of drug-likeness (QED) is 0.627. The van der Waals surface area contributed by atoms with E-state index in [4.69, 9.17) is 4.74 Å². The first-order valence-corrected chi connectivity index (χ1v) is 6.90. The Morgan fingerprint density at radius 3 is 2.52 bits per heavy atom. The Morgan fingerprint density at radius 2 is 1.90 bits per heavy atom. The lowest BCUT2D eigenvalue weighted by molar-refractivity contribution is 0.0927. The number of hydrogen-bond acceptors (Lipinski definition) is 2. The molecule has 0 aliphatic heterocycles. The molecule has 0 aliphatic rings. The SMILES string of the molecule is C=C(C)COCCNC(=O)c1ccc(-n2cccc2)cc1. The Hall–Kier alpha value is -2.33. The molecule has 4 nitrogen and oxygen atoms in total. The van der Waals surface area contributed by atoms with Gasteiger partial charge in [0.15, 0.2) is 0 Å². The smallest absolute Gasteiger partial charge is 0.251 e. The minimum absolute atomic E-state index is 0.0898. The Balaban J connectivity index is 1.81. The van der Waals surface area contributed by atoms with Crippen LogP contribution in [-0.2, 0) is 4.74 Å². The largest absolute Gasteiger partial charge is 0.375 e. The second kappa shape index (κ2) is 7.45. The first kappa shape index (κ1) is 15.1. The molecule has 0 bridgehead atoms. The van der Waals surface area contributed by atoms with Crippen LogP contribution in [0.5, 0.6) is 0 Å². The molecule has 2 aromatic rings. The molecule has 0 aliphatic carbocycles. The average Bonchev–Trinajstić information content (AvgIpc) is 3.01. The molecule has 1 N–H and O–H groups in total. The summed E-state index contributed by atoms with van der Waals surface area (Å²) in [6.45, 7) is 7.16. The molecule has 1 heterocycles. The van der Waals surface area contributed by atoms with E-state index in [1.807, 2.05) is 60.3 Å². The van der Waals surface area contributed by atoms with Gasteiger partial charge in [-0.2, -0.15) is 0 Å². The van der Waals surface area contributed by atoms with Crippen LogP contribution < -0.4 is 5.32 Å². The Kier molecular flexibility index (Phi) is 5.35. The Bertz CT molecular complexity index is 586. The van der Waals surface area contributed by atoms with Gasteiger partial charge in [0.1, 0.15) is 0 Å². The third-order valence-corrected chi connectivity index (χ3v) is 2.91. The van der Waals surface area contributed by atoms with Crippen LogP contribution in [0.3, 0.4) is 0 Å². The predicted molar refractivity (Wildman–Crippen MR) is 83.7 cm³/mol. The third-order valence-electron chi connectivity index (χ3n) is 2.91. The zero-order valence-electron chi connectivity index (χ0n) is 12.2. The molecule has 4 heteroatoms. The van der Waals surface area contributed by atoms with Crippen molar-refractivity contribution >= 4 is 5.91 Å². The zero-order valence-corrected chi connectivity index (χ0v) is 12.2. The minimum atomic E-state index is -0.0898. The van der Waals surface area contributed by atoms with Crippen molar-refractivity contribution in [3.05, 3.63) is 66.5 Å². The molecule has 110 valence electrons. The van der Waals surface area contributed by atoms with Gasteiger partial charge in [0.05, 0.1) is 13.2 Å². The van der Waals surface area contributed by atoms with Gasteiger partial charge in [0.25, 0.3) is 5.91 Å². The van der Waals surface area contributed by atoms with Gasteiger partial charge in [-0.05, 0) is 43.3 Å². The van der Waals surface area contributed by atoms with E-state index in [0.717, 1.165) is 11.3 Å². The number of rotatable bonds is 7. The number of hydrogen-bond donors (Lipinski definition) is 1. The molecule has 0 radical (unpaired) electrons. The summed E-state index contributed by atoms with van der Waals surface area (Å²) in [6.07, 6.45) is 3.93. The Labute approximate surface area is 125 Å². The highest BCUT2D eigenvalue weighted by molar-refractivity contribution is 5.94. The van der Waals surface area contributed by atoms with Crippen molar-refractivity contribution in [2.45, 2.75) is 6.92 Å². The second-order valence-corrected chi connectivity index (χ2v) is 4.90. The summed E-state index contributed by atoms with van der Waals surface area (Å²) in [5.41, 5.74) is 2.65. The van der Waals surface area contributed by atoms with E-state index in [1.165, 1.54) is 0 Å². The van der Waals surface area contributed by atoms with Crippen LogP contribution in [-0.4, -0.2) is 30.2 Å². The van der Waals surface area contributed by atoms with Gasteiger partial charge in [-0.25, -0.2) is 0 Å². The highest BCUT2D eigenvalue weighted by atomic mass is 16.5. The van der Waals surface area contributed by atoms with Crippen LogP contribution in [0.2, 0.25) is 0 Å². The highest BCUT2D eigenvalue weighted by Gasteiger charge is 2.04. The highest BCUT2D eigenvalue weighted by Crippen LogP contribution is 2.09. The van der Waals surface area contributed by atoms with E-state index in [0.29, 0.717) is 25.3 Å². The van der Waals surface area contributed by atoms with Crippen LogP contribution >= 0.6 is 0 Å². The van der Waals surface area contributed by atoms with Crippen molar-refractivity contribution in [1.82, 2.24) is 9.88 Å². The molecule has 1 amide bonds. The fraction of sp³-hybridized carbons (Fsp3) is 0.235. The standard InChI is InChI=1S/C17H20N2O2/c1-14(2)13-21-12-9-18-17(20)15-5-7-16(8-6-15)19-10-3-4-11-19/h3-8,10-11H,1,9,12-13H2,2H3,(H,18,20). The molecular weight excluding hydrogens is 264 g/mol. The third kappa shape index (κ3) is 4.61. The number of amides is 1. The van der Waals surface area contributed by atoms with E-state index in [2.05, 4.69) is 11.9 Å². The van der Waals surface area contributed by atoms with Crippen molar-refractivity contribution in [1.29, 1.82) is 0 Å². The maximum absolute atomic E-state index is 11.9. The molecule has 1 aromatic heterocycles. The second-order valence-electron chi connectivity index (χ2n) is 4.90. The van der Waals surface area contributed by atoms with Gasteiger partial charge in [-0.3, -0.25) is 4.79 Å². The molecule has 0 unspecified atom stereocenters. The molecule has 0 saturated heterocycles. The molecular formula is C17H20N2O2. The van der Waals surface area contributed by atoms with Crippen molar-refractivity contribution in [3.8, 4) is 5.69 Å². The summed E-state index contributed by atoms with van der Waals surface area (Å²) < 4.78 is 7.33. The summed E-state index contributed by atoms with van der Waals surface area (Å²) in [4.78, 5) is 11.9. The van der Waals surface area contributed by atoms with Gasteiger partial charge in [-0.15, -0.1) is 0 Å². The first-order valence-electron chi connectivity index (χ1n) is 6.90. The number of carbonyl (C=O) groups excluding carboxylic acids is 1. The summed E-state index contributed by atoms with van der Waals surface area (Å²) >= 11 is 0. The molecule has 0 saturated carbocycles.